The molecule has 0 aromatic carbocycles. The van der Waals surface area contributed by atoms with E-state index in [-0.39, 0.29) is 0 Å². The van der Waals surface area contributed by atoms with Gasteiger partial charge in [0.1, 0.15) is 5.82 Å². The third-order valence-electron chi connectivity index (χ3n) is 2.42. The van der Waals surface area contributed by atoms with Crippen molar-refractivity contribution in [1.82, 2.24) is 19.5 Å². The molecule has 7 nitrogen and oxygen atoms in total. The molecule has 2 aromatic rings. The summed E-state index contributed by atoms with van der Waals surface area (Å²) in [6.07, 6.45) is 3.62. The van der Waals surface area contributed by atoms with Crippen molar-refractivity contribution in [2.24, 2.45) is 7.05 Å². The highest BCUT2D eigenvalue weighted by Crippen LogP contribution is 2.17. The second kappa shape index (κ2) is 5.35. The molecule has 2 heterocycles. The molecule has 0 saturated heterocycles. The quantitative estimate of drug-likeness (QED) is 0.846. The number of hydrogen-bond acceptors (Lipinski definition) is 6. The second-order valence-corrected chi connectivity index (χ2v) is 3.58. The summed E-state index contributed by atoms with van der Waals surface area (Å²) in [5, 5.41) is 3.07. The fourth-order valence-corrected chi connectivity index (χ4v) is 1.42. The molecule has 0 fully saturated rings. The molecule has 2 rings (SSSR count). The summed E-state index contributed by atoms with van der Waals surface area (Å²) in [6, 6.07) is 1.62. The van der Waals surface area contributed by atoms with Crippen LogP contribution in [0.25, 0.3) is 0 Å². The Morgan fingerprint density at radius 2 is 1.89 bits per heavy atom. The van der Waals surface area contributed by atoms with Gasteiger partial charge in [-0.05, 0) is 0 Å². The van der Waals surface area contributed by atoms with Gasteiger partial charge in [0.15, 0.2) is 0 Å². The summed E-state index contributed by atoms with van der Waals surface area (Å²) < 4.78 is 12.1. The number of rotatable bonds is 5. The lowest BCUT2D eigenvalue weighted by Crippen LogP contribution is -2.09. The number of hydrogen-bond donors (Lipinski definition) is 1. The third kappa shape index (κ3) is 2.68. The summed E-state index contributed by atoms with van der Waals surface area (Å²) in [7, 11) is 5.02. The minimum absolute atomic E-state index is 0.439. The maximum atomic E-state index is 5.07. The van der Waals surface area contributed by atoms with Crippen LogP contribution in [0.5, 0.6) is 11.8 Å². The van der Waals surface area contributed by atoms with E-state index >= 15 is 0 Å². The van der Waals surface area contributed by atoms with Crippen molar-refractivity contribution in [2.75, 3.05) is 19.5 Å². The molecular formula is C11H15N5O2. The second-order valence-electron chi connectivity index (χ2n) is 3.58. The summed E-state index contributed by atoms with van der Waals surface area (Å²) in [5.74, 6) is 2.22. The highest BCUT2D eigenvalue weighted by molar-refractivity contribution is 5.33. The van der Waals surface area contributed by atoms with Crippen molar-refractivity contribution < 1.29 is 9.47 Å². The van der Waals surface area contributed by atoms with Crippen molar-refractivity contribution in [2.45, 2.75) is 6.54 Å². The Morgan fingerprint density at radius 1 is 1.22 bits per heavy atom. The van der Waals surface area contributed by atoms with Crippen LogP contribution in [0.4, 0.5) is 5.95 Å². The standard InChI is InChI=1S/C11H15N5O2/c1-16-5-4-12-8(16)7-13-11-14-9(17-2)6-10(15-11)18-3/h4-6H,7H2,1-3H3,(H,13,14,15). The Balaban J connectivity index is 2.11. The van der Waals surface area contributed by atoms with Crippen LogP contribution in [0.3, 0.4) is 0 Å². The smallest absolute Gasteiger partial charge is 0.229 e. The zero-order valence-corrected chi connectivity index (χ0v) is 10.5. The first-order chi connectivity index (χ1) is 8.72. The summed E-state index contributed by atoms with van der Waals surface area (Å²) in [5.41, 5.74) is 0. The molecule has 0 radical (unpaired) electrons. The van der Waals surface area contributed by atoms with E-state index < -0.39 is 0 Å². The largest absolute Gasteiger partial charge is 0.481 e. The molecule has 0 atom stereocenters. The van der Waals surface area contributed by atoms with Crippen LogP contribution >= 0.6 is 0 Å². The first-order valence-corrected chi connectivity index (χ1v) is 5.40. The summed E-state index contributed by atoms with van der Waals surface area (Å²) >= 11 is 0. The predicted octanol–water partition coefficient (Wildman–Crippen LogP) is 0.839. The lowest BCUT2D eigenvalue weighted by molar-refractivity contribution is 0.372. The monoisotopic (exact) mass is 249 g/mol. The normalized spacial score (nSPS) is 10.2. The van der Waals surface area contributed by atoms with Crippen LogP contribution in [0.2, 0.25) is 0 Å². The number of nitrogens with zero attached hydrogens (tertiary/aromatic N) is 4. The molecule has 0 aliphatic heterocycles. The van der Waals surface area contributed by atoms with Gasteiger partial charge in [0.25, 0.3) is 0 Å². The lowest BCUT2D eigenvalue weighted by Gasteiger charge is -2.08. The van der Waals surface area contributed by atoms with Crippen LogP contribution in [-0.2, 0) is 13.6 Å². The number of ether oxygens (including phenoxy) is 2. The van der Waals surface area contributed by atoms with E-state index in [0.29, 0.717) is 24.3 Å². The number of methoxy groups -OCH3 is 2. The van der Waals surface area contributed by atoms with E-state index in [0.717, 1.165) is 5.82 Å². The minimum Gasteiger partial charge on any atom is -0.481 e. The number of aryl methyl sites for hydroxylation is 1. The van der Waals surface area contributed by atoms with Crippen molar-refractivity contribution in [3.8, 4) is 11.8 Å². The zero-order chi connectivity index (χ0) is 13.0. The Bertz CT molecular complexity index is 504. The molecule has 0 unspecified atom stereocenters. The SMILES string of the molecule is COc1cc(OC)nc(NCc2nccn2C)n1. The van der Waals surface area contributed by atoms with Crippen LogP contribution in [0.1, 0.15) is 5.82 Å². The van der Waals surface area contributed by atoms with Gasteiger partial charge >= 0.3 is 0 Å². The molecular weight excluding hydrogens is 234 g/mol. The van der Waals surface area contributed by atoms with Gasteiger partial charge in [-0.15, -0.1) is 0 Å². The van der Waals surface area contributed by atoms with Crippen LogP contribution < -0.4 is 14.8 Å². The zero-order valence-electron chi connectivity index (χ0n) is 10.5. The van der Waals surface area contributed by atoms with E-state index in [9.17, 15) is 0 Å². The average Bonchev–Trinajstić information content (AvgIpc) is 2.81. The summed E-state index contributed by atoms with van der Waals surface area (Å²) in [4.78, 5) is 12.5. The molecule has 0 aliphatic carbocycles. The van der Waals surface area contributed by atoms with Crippen molar-refractivity contribution in [3.63, 3.8) is 0 Å². The molecule has 0 amide bonds. The summed E-state index contributed by atoms with van der Waals surface area (Å²) in [6.45, 7) is 0.528. The van der Waals surface area contributed by atoms with E-state index in [1.54, 1.807) is 26.5 Å². The fraction of sp³-hybridized carbons (Fsp3) is 0.364. The molecule has 2 aromatic heterocycles. The predicted molar refractivity (Wildman–Crippen MR) is 65.7 cm³/mol. The molecule has 0 spiro atoms. The number of aromatic nitrogens is 4. The van der Waals surface area contributed by atoms with Gasteiger partial charge in [-0.3, -0.25) is 0 Å². The van der Waals surface area contributed by atoms with Gasteiger partial charge in [0, 0.05) is 19.4 Å². The van der Waals surface area contributed by atoms with Gasteiger partial charge in [0.2, 0.25) is 17.7 Å². The highest BCUT2D eigenvalue weighted by atomic mass is 16.5. The Kier molecular flexibility index (Phi) is 3.61. The third-order valence-corrected chi connectivity index (χ3v) is 2.42. The minimum atomic E-state index is 0.439. The number of imidazole rings is 1. The molecule has 1 N–H and O–H groups in total. The van der Waals surface area contributed by atoms with Crippen LogP contribution in [0, 0.1) is 0 Å². The Morgan fingerprint density at radius 3 is 2.39 bits per heavy atom. The van der Waals surface area contributed by atoms with Gasteiger partial charge < -0.3 is 19.4 Å². The molecule has 7 heteroatoms. The maximum Gasteiger partial charge on any atom is 0.229 e. The maximum absolute atomic E-state index is 5.07. The first kappa shape index (κ1) is 12.2. The average molecular weight is 249 g/mol. The van der Waals surface area contributed by atoms with E-state index in [1.165, 1.54) is 0 Å². The van der Waals surface area contributed by atoms with E-state index in [1.807, 2.05) is 17.8 Å². The molecule has 0 aliphatic rings. The van der Waals surface area contributed by atoms with Crippen LogP contribution in [0.15, 0.2) is 18.5 Å². The van der Waals surface area contributed by atoms with Gasteiger partial charge in [-0.25, -0.2) is 4.98 Å². The van der Waals surface area contributed by atoms with E-state index in [4.69, 9.17) is 9.47 Å². The van der Waals surface area contributed by atoms with Gasteiger partial charge in [-0.2, -0.15) is 9.97 Å². The molecule has 0 saturated carbocycles. The lowest BCUT2D eigenvalue weighted by atomic mass is 10.5. The van der Waals surface area contributed by atoms with E-state index in [2.05, 4.69) is 20.3 Å². The number of nitrogens with one attached hydrogen (secondary N) is 1. The first-order valence-electron chi connectivity index (χ1n) is 5.40. The molecule has 96 valence electrons. The van der Waals surface area contributed by atoms with Crippen molar-refractivity contribution in [1.29, 1.82) is 0 Å². The van der Waals surface area contributed by atoms with Crippen molar-refractivity contribution >= 4 is 5.95 Å². The molecule has 0 bridgehead atoms. The Labute approximate surface area is 105 Å². The topological polar surface area (TPSA) is 74.1 Å². The highest BCUT2D eigenvalue weighted by Gasteiger charge is 2.06. The molecule has 18 heavy (non-hydrogen) atoms. The van der Waals surface area contributed by atoms with Gasteiger partial charge in [0.05, 0.1) is 26.8 Å². The van der Waals surface area contributed by atoms with Crippen molar-refractivity contribution in [3.05, 3.63) is 24.3 Å². The fourth-order valence-electron chi connectivity index (χ4n) is 1.42. The Hall–Kier alpha value is -2.31. The van der Waals surface area contributed by atoms with Gasteiger partial charge in [-0.1, -0.05) is 0 Å². The van der Waals surface area contributed by atoms with Crippen LogP contribution in [-0.4, -0.2) is 33.7 Å². The number of anilines is 1.